The SMILES string of the molecule is CC(C)C1CCC(NC(=O)C2(CN)CCOCC2)CC1. The molecule has 0 spiro atoms. The zero-order valence-electron chi connectivity index (χ0n) is 13.0. The summed E-state index contributed by atoms with van der Waals surface area (Å²) in [5, 5.41) is 3.27. The van der Waals surface area contributed by atoms with Crippen LogP contribution in [0.4, 0.5) is 0 Å². The van der Waals surface area contributed by atoms with Crippen molar-refractivity contribution in [2.75, 3.05) is 19.8 Å². The summed E-state index contributed by atoms with van der Waals surface area (Å²) < 4.78 is 5.37. The smallest absolute Gasteiger partial charge is 0.227 e. The Morgan fingerprint density at radius 3 is 2.35 bits per heavy atom. The molecule has 0 aromatic carbocycles. The number of carbonyl (C=O) groups excluding carboxylic acids is 1. The molecule has 0 unspecified atom stereocenters. The monoisotopic (exact) mass is 282 g/mol. The number of rotatable bonds is 4. The fourth-order valence-corrected chi connectivity index (χ4v) is 3.55. The van der Waals surface area contributed by atoms with Gasteiger partial charge in [-0.25, -0.2) is 0 Å². The van der Waals surface area contributed by atoms with E-state index in [9.17, 15) is 4.79 Å². The molecule has 0 aromatic rings. The first-order chi connectivity index (χ1) is 9.57. The third-order valence-electron chi connectivity index (χ3n) is 5.37. The Balaban J connectivity index is 1.85. The van der Waals surface area contributed by atoms with Crippen LogP contribution in [0, 0.1) is 17.3 Å². The van der Waals surface area contributed by atoms with Crippen LogP contribution in [0.25, 0.3) is 0 Å². The second-order valence-corrected chi connectivity index (χ2v) is 6.93. The van der Waals surface area contributed by atoms with E-state index in [4.69, 9.17) is 10.5 Å². The Morgan fingerprint density at radius 1 is 1.25 bits per heavy atom. The molecule has 1 amide bonds. The first-order valence-corrected chi connectivity index (χ1v) is 8.16. The molecule has 1 aliphatic carbocycles. The van der Waals surface area contributed by atoms with Crippen LogP contribution in [0.3, 0.4) is 0 Å². The van der Waals surface area contributed by atoms with Gasteiger partial charge in [-0.15, -0.1) is 0 Å². The van der Waals surface area contributed by atoms with Crippen LogP contribution in [0.1, 0.15) is 52.4 Å². The molecule has 0 bridgehead atoms. The van der Waals surface area contributed by atoms with Crippen molar-refractivity contribution in [1.82, 2.24) is 5.32 Å². The zero-order chi connectivity index (χ0) is 14.6. The van der Waals surface area contributed by atoms with E-state index in [1.807, 2.05) is 0 Å². The molecule has 1 saturated carbocycles. The van der Waals surface area contributed by atoms with E-state index < -0.39 is 0 Å². The van der Waals surface area contributed by atoms with Crippen molar-refractivity contribution in [2.45, 2.75) is 58.4 Å². The van der Waals surface area contributed by atoms with Crippen molar-refractivity contribution in [3.63, 3.8) is 0 Å². The van der Waals surface area contributed by atoms with Gasteiger partial charge in [0.25, 0.3) is 0 Å². The molecule has 0 aromatic heterocycles. The van der Waals surface area contributed by atoms with Crippen LogP contribution in [0.15, 0.2) is 0 Å². The minimum Gasteiger partial charge on any atom is -0.381 e. The fourth-order valence-electron chi connectivity index (χ4n) is 3.55. The van der Waals surface area contributed by atoms with Crippen molar-refractivity contribution < 1.29 is 9.53 Å². The lowest BCUT2D eigenvalue weighted by molar-refractivity contribution is -0.137. The predicted molar refractivity (Wildman–Crippen MR) is 80.3 cm³/mol. The van der Waals surface area contributed by atoms with Gasteiger partial charge in [-0.3, -0.25) is 4.79 Å². The maximum atomic E-state index is 12.6. The molecule has 3 N–H and O–H groups in total. The molecule has 20 heavy (non-hydrogen) atoms. The molecule has 2 fully saturated rings. The normalized spacial score (nSPS) is 30.2. The van der Waals surface area contributed by atoms with Gasteiger partial charge in [-0.2, -0.15) is 0 Å². The summed E-state index contributed by atoms with van der Waals surface area (Å²) in [4.78, 5) is 12.6. The molecule has 0 radical (unpaired) electrons. The number of nitrogens with two attached hydrogens (primary N) is 1. The summed E-state index contributed by atoms with van der Waals surface area (Å²) in [5.74, 6) is 1.75. The number of hydrogen-bond donors (Lipinski definition) is 2. The lowest BCUT2D eigenvalue weighted by Crippen LogP contribution is -2.52. The van der Waals surface area contributed by atoms with E-state index in [2.05, 4.69) is 19.2 Å². The zero-order valence-corrected chi connectivity index (χ0v) is 13.0. The predicted octanol–water partition coefficient (Wildman–Crippen LogP) is 2.07. The first kappa shape index (κ1) is 15.8. The summed E-state index contributed by atoms with van der Waals surface area (Å²) in [6, 6.07) is 0.351. The molecule has 2 aliphatic rings. The molecule has 1 saturated heterocycles. The number of nitrogens with one attached hydrogen (secondary N) is 1. The molecule has 1 aliphatic heterocycles. The quantitative estimate of drug-likeness (QED) is 0.829. The third kappa shape index (κ3) is 3.53. The van der Waals surface area contributed by atoms with E-state index in [0.717, 1.165) is 37.5 Å². The second kappa shape index (κ2) is 6.90. The molecular weight excluding hydrogens is 252 g/mol. The molecule has 1 heterocycles. The molecule has 2 rings (SSSR count). The Kier molecular flexibility index (Phi) is 5.44. The van der Waals surface area contributed by atoms with E-state index in [1.54, 1.807) is 0 Å². The van der Waals surface area contributed by atoms with Crippen LogP contribution in [-0.4, -0.2) is 31.7 Å². The van der Waals surface area contributed by atoms with E-state index in [1.165, 1.54) is 12.8 Å². The average Bonchev–Trinajstić information content (AvgIpc) is 2.48. The molecule has 4 nitrogen and oxygen atoms in total. The van der Waals surface area contributed by atoms with Gasteiger partial charge >= 0.3 is 0 Å². The number of hydrogen-bond acceptors (Lipinski definition) is 3. The van der Waals surface area contributed by atoms with Gasteiger partial charge in [0.05, 0.1) is 5.41 Å². The number of amides is 1. The van der Waals surface area contributed by atoms with Crippen molar-refractivity contribution in [2.24, 2.45) is 23.0 Å². The highest BCUT2D eigenvalue weighted by molar-refractivity contribution is 5.83. The lowest BCUT2D eigenvalue weighted by Gasteiger charge is -2.37. The maximum absolute atomic E-state index is 12.6. The summed E-state index contributed by atoms with van der Waals surface area (Å²) in [6.07, 6.45) is 6.23. The standard InChI is InChI=1S/C16H30N2O2/c1-12(2)13-3-5-14(6-4-13)18-15(19)16(11-17)7-9-20-10-8-16/h12-14H,3-11,17H2,1-2H3,(H,18,19). The van der Waals surface area contributed by atoms with Crippen LogP contribution < -0.4 is 11.1 Å². The van der Waals surface area contributed by atoms with Crippen molar-refractivity contribution >= 4 is 5.91 Å². The summed E-state index contributed by atoms with van der Waals surface area (Å²) in [6.45, 7) is 6.35. The van der Waals surface area contributed by atoms with E-state index in [-0.39, 0.29) is 11.3 Å². The summed E-state index contributed by atoms with van der Waals surface area (Å²) >= 11 is 0. The molecule has 116 valence electrons. The van der Waals surface area contributed by atoms with Gasteiger partial charge in [0.15, 0.2) is 0 Å². The molecular formula is C16H30N2O2. The van der Waals surface area contributed by atoms with Crippen LogP contribution in [0.5, 0.6) is 0 Å². The third-order valence-corrected chi connectivity index (χ3v) is 5.37. The van der Waals surface area contributed by atoms with E-state index >= 15 is 0 Å². The summed E-state index contributed by atoms with van der Waals surface area (Å²) in [7, 11) is 0. The highest BCUT2D eigenvalue weighted by Crippen LogP contribution is 2.33. The van der Waals surface area contributed by atoms with Gasteiger partial charge < -0.3 is 15.8 Å². The Hall–Kier alpha value is -0.610. The van der Waals surface area contributed by atoms with E-state index in [0.29, 0.717) is 25.8 Å². The maximum Gasteiger partial charge on any atom is 0.227 e. The van der Waals surface area contributed by atoms with Gasteiger partial charge in [0, 0.05) is 25.8 Å². The van der Waals surface area contributed by atoms with Crippen molar-refractivity contribution in [1.29, 1.82) is 0 Å². The van der Waals surface area contributed by atoms with Gasteiger partial charge in [0.2, 0.25) is 5.91 Å². The lowest BCUT2D eigenvalue weighted by atomic mass is 9.77. The van der Waals surface area contributed by atoms with Crippen molar-refractivity contribution in [3.8, 4) is 0 Å². The van der Waals surface area contributed by atoms with Gasteiger partial charge in [-0.1, -0.05) is 13.8 Å². The Bertz CT molecular complexity index is 316. The fraction of sp³-hybridized carbons (Fsp3) is 0.938. The largest absolute Gasteiger partial charge is 0.381 e. The highest BCUT2D eigenvalue weighted by atomic mass is 16.5. The second-order valence-electron chi connectivity index (χ2n) is 6.93. The van der Waals surface area contributed by atoms with Crippen LogP contribution >= 0.6 is 0 Å². The van der Waals surface area contributed by atoms with Crippen molar-refractivity contribution in [3.05, 3.63) is 0 Å². The highest BCUT2D eigenvalue weighted by Gasteiger charge is 2.39. The topological polar surface area (TPSA) is 64.4 Å². The van der Waals surface area contributed by atoms with Crippen LogP contribution in [0.2, 0.25) is 0 Å². The first-order valence-electron chi connectivity index (χ1n) is 8.16. The Labute approximate surface area is 122 Å². The molecule has 4 heteroatoms. The van der Waals surface area contributed by atoms with Gasteiger partial charge in [-0.05, 0) is 50.4 Å². The minimum absolute atomic E-state index is 0.163. The van der Waals surface area contributed by atoms with Crippen LogP contribution in [-0.2, 0) is 9.53 Å². The minimum atomic E-state index is -0.382. The van der Waals surface area contributed by atoms with Gasteiger partial charge in [0.1, 0.15) is 0 Å². The Morgan fingerprint density at radius 2 is 1.85 bits per heavy atom. The molecule has 0 atom stereocenters. The average molecular weight is 282 g/mol. The number of ether oxygens (including phenoxy) is 1. The number of carbonyl (C=O) groups is 1. The summed E-state index contributed by atoms with van der Waals surface area (Å²) in [5.41, 5.74) is 5.51.